The first-order chi connectivity index (χ1) is 7.76. The summed E-state index contributed by atoms with van der Waals surface area (Å²) in [6.45, 7) is 5.52. The third-order valence-electron chi connectivity index (χ3n) is 3.15. The SMILES string of the molecule is CCC(C)c1cc2c(cc1OC)NCCS2. The summed E-state index contributed by atoms with van der Waals surface area (Å²) in [6, 6.07) is 4.43. The molecule has 0 aromatic heterocycles. The van der Waals surface area contributed by atoms with Gasteiger partial charge in [0.15, 0.2) is 0 Å². The Labute approximate surface area is 102 Å². The van der Waals surface area contributed by atoms with Gasteiger partial charge in [-0.2, -0.15) is 0 Å². The molecule has 1 aromatic rings. The van der Waals surface area contributed by atoms with Crippen molar-refractivity contribution in [2.75, 3.05) is 24.7 Å². The monoisotopic (exact) mass is 237 g/mol. The van der Waals surface area contributed by atoms with Crippen LogP contribution in [0.2, 0.25) is 0 Å². The lowest BCUT2D eigenvalue weighted by molar-refractivity contribution is 0.405. The van der Waals surface area contributed by atoms with E-state index in [0.29, 0.717) is 5.92 Å². The fourth-order valence-electron chi connectivity index (χ4n) is 1.96. The van der Waals surface area contributed by atoms with Crippen molar-refractivity contribution in [3.63, 3.8) is 0 Å². The molecule has 1 atom stereocenters. The molecule has 0 amide bonds. The number of thioether (sulfide) groups is 1. The Kier molecular flexibility index (Phi) is 3.64. The normalized spacial score (nSPS) is 16.2. The Morgan fingerprint density at radius 3 is 3.00 bits per heavy atom. The van der Waals surface area contributed by atoms with Crippen molar-refractivity contribution in [2.45, 2.75) is 31.1 Å². The fraction of sp³-hybridized carbons (Fsp3) is 0.538. The molecule has 2 rings (SSSR count). The average Bonchev–Trinajstić information content (AvgIpc) is 2.36. The second-order valence-corrected chi connectivity index (χ2v) is 5.31. The third-order valence-corrected chi connectivity index (χ3v) is 4.21. The molecule has 1 aliphatic heterocycles. The summed E-state index contributed by atoms with van der Waals surface area (Å²) in [5, 5.41) is 3.42. The molecule has 0 radical (unpaired) electrons. The van der Waals surface area contributed by atoms with Crippen molar-refractivity contribution in [1.82, 2.24) is 0 Å². The summed E-state index contributed by atoms with van der Waals surface area (Å²) in [5.74, 6) is 2.73. The molecule has 1 N–H and O–H groups in total. The van der Waals surface area contributed by atoms with Gasteiger partial charge in [0.25, 0.3) is 0 Å². The molecular weight excluding hydrogens is 218 g/mol. The molecular formula is C13H19NOS. The number of rotatable bonds is 3. The van der Waals surface area contributed by atoms with E-state index in [0.717, 1.165) is 24.5 Å². The summed E-state index contributed by atoms with van der Waals surface area (Å²) in [6.07, 6.45) is 1.15. The van der Waals surface area contributed by atoms with Crippen LogP contribution in [-0.2, 0) is 0 Å². The molecule has 88 valence electrons. The van der Waals surface area contributed by atoms with Gasteiger partial charge in [0.2, 0.25) is 0 Å². The van der Waals surface area contributed by atoms with Gasteiger partial charge in [-0.05, 0) is 24.0 Å². The van der Waals surface area contributed by atoms with Gasteiger partial charge in [0.05, 0.1) is 12.8 Å². The predicted molar refractivity (Wildman–Crippen MR) is 70.9 cm³/mol. The third kappa shape index (κ3) is 2.14. The lowest BCUT2D eigenvalue weighted by Crippen LogP contribution is -2.11. The van der Waals surface area contributed by atoms with Crippen LogP contribution < -0.4 is 10.1 Å². The highest BCUT2D eigenvalue weighted by molar-refractivity contribution is 7.99. The van der Waals surface area contributed by atoms with Crippen molar-refractivity contribution in [1.29, 1.82) is 0 Å². The Bertz CT molecular complexity index is 378. The van der Waals surface area contributed by atoms with Gasteiger partial charge in [-0.3, -0.25) is 0 Å². The molecule has 0 saturated heterocycles. The number of hydrogen-bond donors (Lipinski definition) is 1. The van der Waals surface area contributed by atoms with Crippen LogP contribution in [0.25, 0.3) is 0 Å². The molecule has 1 aromatic carbocycles. The number of methoxy groups -OCH3 is 1. The minimum Gasteiger partial charge on any atom is -0.496 e. The number of ether oxygens (including phenoxy) is 1. The van der Waals surface area contributed by atoms with Gasteiger partial charge in [0.1, 0.15) is 5.75 Å². The van der Waals surface area contributed by atoms with Crippen LogP contribution in [0.4, 0.5) is 5.69 Å². The largest absolute Gasteiger partial charge is 0.496 e. The van der Waals surface area contributed by atoms with Crippen molar-refractivity contribution in [2.24, 2.45) is 0 Å². The first-order valence-corrected chi connectivity index (χ1v) is 6.83. The van der Waals surface area contributed by atoms with E-state index in [9.17, 15) is 0 Å². The highest BCUT2D eigenvalue weighted by atomic mass is 32.2. The topological polar surface area (TPSA) is 21.3 Å². The first-order valence-electron chi connectivity index (χ1n) is 5.84. The van der Waals surface area contributed by atoms with Crippen LogP contribution >= 0.6 is 11.8 Å². The van der Waals surface area contributed by atoms with Gasteiger partial charge in [0, 0.05) is 23.3 Å². The molecule has 0 spiro atoms. The Hall–Kier alpha value is -0.830. The standard InChI is InChI=1S/C13H19NOS/c1-4-9(2)10-7-13-11(8-12(10)15-3)14-5-6-16-13/h7-9,14H,4-6H2,1-3H3. The van der Waals surface area contributed by atoms with Crippen LogP contribution in [-0.4, -0.2) is 19.4 Å². The van der Waals surface area contributed by atoms with Crippen LogP contribution in [0.3, 0.4) is 0 Å². The zero-order chi connectivity index (χ0) is 11.5. The van der Waals surface area contributed by atoms with Gasteiger partial charge in [-0.25, -0.2) is 0 Å². The molecule has 1 heterocycles. The van der Waals surface area contributed by atoms with Gasteiger partial charge >= 0.3 is 0 Å². The zero-order valence-corrected chi connectivity index (χ0v) is 11.0. The molecule has 3 heteroatoms. The number of anilines is 1. The Morgan fingerprint density at radius 1 is 1.50 bits per heavy atom. The molecule has 0 aliphatic carbocycles. The highest BCUT2D eigenvalue weighted by Gasteiger charge is 2.16. The van der Waals surface area contributed by atoms with E-state index in [1.807, 2.05) is 11.8 Å². The Balaban J connectivity index is 2.43. The molecule has 1 aliphatic rings. The van der Waals surface area contributed by atoms with E-state index in [2.05, 4.69) is 31.3 Å². The maximum absolute atomic E-state index is 5.49. The average molecular weight is 237 g/mol. The second kappa shape index (κ2) is 5.00. The van der Waals surface area contributed by atoms with E-state index in [1.165, 1.54) is 16.1 Å². The van der Waals surface area contributed by atoms with Crippen molar-refractivity contribution in [3.05, 3.63) is 17.7 Å². The quantitative estimate of drug-likeness (QED) is 0.865. The van der Waals surface area contributed by atoms with E-state index < -0.39 is 0 Å². The maximum Gasteiger partial charge on any atom is 0.124 e. The second-order valence-electron chi connectivity index (χ2n) is 4.17. The van der Waals surface area contributed by atoms with Crippen LogP contribution in [0, 0.1) is 0 Å². The first kappa shape index (κ1) is 11.6. The van der Waals surface area contributed by atoms with Gasteiger partial charge in [-0.15, -0.1) is 11.8 Å². The molecule has 16 heavy (non-hydrogen) atoms. The van der Waals surface area contributed by atoms with Crippen LogP contribution in [0.1, 0.15) is 31.7 Å². The number of benzene rings is 1. The van der Waals surface area contributed by atoms with Crippen molar-refractivity contribution in [3.8, 4) is 5.75 Å². The van der Waals surface area contributed by atoms with Crippen molar-refractivity contribution < 1.29 is 4.74 Å². The summed E-state index contributed by atoms with van der Waals surface area (Å²) in [4.78, 5) is 1.36. The van der Waals surface area contributed by atoms with E-state index >= 15 is 0 Å². The molecule has 0 saturated carbocycles. The Morgan fingerprint density at radius 2 is 2.31 bits per heavy atom. The van der Waals surface area contributed by atoms with E-state index in [4.69, 9.17) is 4.74 Å². The van der Waals surface area contributed by atoms with Gasteiger partial charge < -0.3 is 10.1 Å². The van der Waals surface area contributed by atoms with E-state index in [1.54, 1.807) is 7.11 Å². The summed E-state index contributed by atoms with van der Waals surface area (Å²) in [7, 11) is 1.75. The van der Waals surface area contributed by atoms with Crippen LogP contribution in [0.15, 0.2) is 17.0 Å². The fourth-order valence-corrected chi connectivity index (χ4v) is 2.88. The molecule has 2 nitrogen and oxygen atoms in total. The molecule has 0 bridgehead atoms. The van der Waals surface area contributed by atoms with Gasteiger partial charge in [-0.1, -0.05) is 13.8 Å². The van der Waals surface area contributed by atoms with Crippen LogP contribution in [0.5, 0.6) is 5.75 Å². The van der Waals surface area contributed by atoms with E-state index in [-0.39, 0.29) is 0 Å². The molecule has 0 fully saturated rings. The number of nitrogens with one attached hydrogen (secondary N) is 1. The predicted octanol–water partition coefficient (Wildman–Crippen LogP) is 3.73. The summed E-state index contributed by atoms with van der Waals surface area (Å²) >= 11 is 1.93. The maximum atomic E-state index is 5.49. The highest BCUT2D eigenvalue weighted by Crippen LogP contribution is 2.39. The van der Waals surface area contributed by atoms with Crippen molar-refractivity contribution >= 4 is 17.4 Å². The number of hydrogen-bond acceptors (Lipinski definition) is 3. The summed E-state index contributed by atoms with van der Waals surface area (Å²) < 4.78 is 5.49. The lowest BCUT2D eigenvalue weighted by Gasteiger charge is -2.22. The smallest absolute Gasteiger partial charge is 0.124 e. The lowest BCUT2D eigenvalue weighted by atomic mass is 9.97. The molecule has 1 unspecified atom stereocenters. The minimum absolute atomic E-state index is 0.558. The summed E-state index contributed by atoms with van der Waals surface area (Å²) in [5.41, 5.74) is 2.56. The number of fused-ring (bicyclic) bond motifs is 1. The zero-order valence-electron chi connectivity index (χ0n) is 10.2. The minimum atomic E-state index is 0.558.